The lowest BCUT2D eigenvalue weighted by atomic mass is 10.3. The average molecular weight is 245 g/mol. The molecule has 0 saturated carbocycles. The van der Waals surface area contributed by atoms with Gasteiger partial charge in [-0.2, -0.15) is 0 Å². The molecule has 0 radical (unpaired) electrons. The van der Waals surface area contributed by atoms with Crippen molar-refractivity contribution in [2.24, 2.45) is 0 Å². The first-order chi connectivity index (χ1) is 8.65. The van der Waals surface area contributed by atoms with Crippen LogP contribution in [0.1, 0.15) is 5.76 Å². The van der Waals surface area contributed by atoms with Gasteiger partial charge in [-0.25, -0.2) is 4.79 Å². The molecule has 0 saturated heterocycles. The number of benzene rings is 1. The molecule has 0 aliphatic heterocycles. The van der Waals surface area contributed by atoms with Crippen LogP contribution in [0, 0.1) is 0 Å². The van der Waals surface area contributed by atoms with Crippen LogP contribution in [0.15, 0.2) is 47.1 Å². The first kappa shape index (κ1) is 12.0. The van der Waals surface area contributed by atoms with E-state index in [1.165, 1.54) is 4.90 Å². The minimum absolute atomic E-state index is 0.198. The van der Waals surface area contributed by atoms with Crippen molar-refractivity contribution >= 4 is 17.4 Å². The van der Waals surface area contributed by atoms with Gasteiger partial charge in [0.1, 0.15) is 5.76 Å². The van der Waals surface area contributed by atoms with Crippen molar-refractivity contribution in [2.45, 2.75) is 6.54 Å². The predicted octanol–water partition coefficient (Wildman–Crippen LogP) is 2.53. The summed E-state index contributed by atoms with van der Waals surface area (Å²) in [6.45, 7) is 0.424. The number of carbonyl (C=O) groups is 1. The van der Waals surface area contributed by atoms with Gasteiger partial charge in [0.25, 0.3) is 0 Å². The molecule has 18 heavy (non-hydrogen) atoms. The third-order valence-electron chi connectivity index (χ3n) is 2.48. The van der Waals surface area contributed by atoms with Crippen molar-refractivity contribution in [2.75, 3.05) is 18.1 Å². The number of amides is 2. The van der Waals surface area contributed by atoms with Crippen LogP contribution in [0.3, 0.4) is 0 Å². The Hall–Kier alpha value is -2.43. The highest BCUT2D eigenvalue weighted by Crippen LogP contribution is 2.12. The molecule has 0 fully saturated rings. The minimum Gasteiger partial charge on any atom is -0.467 e. The Balaban J connectivity index is 1.93. The SMILES string of the molecule is CN(Cc1ccco1)C(=O)Nc1ccc(N)cc1. The van der Waals surface area contributed by atoms with E-state index in [9.17, 15) is 4.79 Å². The Morgan fingerprint density at radius 1 is 1.33 bits per heavy atom. The zero-order valence-corrected chi connectivity index (χ0v) is 10.1. The first-order valence-electron chi connectivity index (χ1n) is 5.55. The Labute approximate surface area is 105 Å². The van der Waals surface area contributed by atoms with E-state index in [1.807, 2.05) is 6.07 Å². The fourth-order valence-corrected chi connectivity index (χ4v) is 1.49. The molecular formula is C13H15N3O2. The quantitative estimate of drug-likeness (QED) is 0.816. The number of urea groups is 1. The number of carbonyl (C=O) groups excluding carboxylic acids is 1. The highest BCUT2D eigenvalue weighted by Gasteiger charge is 2.10. The van der Waals surface area contributed by atoms with E-state index in [4.69, 9.17) is 10.2 Å². The number of hydrogen-bond acceptors (Lipinski definition) is 3. The van der Waals surface area contributed by atoms with Crippen LogP contribution in [0.5, 0.6) is 0 Å². The molecule has 3 N–H and O–H groups in total. The van der Waals surface area contributed by atoms with Crippen molar-refractivity contribution in [3.63, 3.8) is 0 Å². The maximum absolute atomic E-state index is 11.9. The number of nitrogens with zero attached hydrogens (tertiary/aromatic N) is 1. The summed E-state index contributed by atoms with van der Waals surface area (Å²) in [5.74, 6) is 0.741. The lowest BCUT2D eigenvalue weighted by Crippen LogP contribution is -2.30. The summed E-state index contributed by atoms with van der Waals surface area (Å²) in [6, 6.07) is 10.4. The highest BCUT2D eigenvalue weighted by molar-refractivity contribution is 5.89. The van der Waals surface area contributed by atoms with E-state index in [0.717, 1.165) is 5.76 Å². The van der Waals surface area contributed by atoms with Crippen LogP contribution in [-0.2, 0) is 6.54 Å². The lowest BCUT2D eigenvalue weighted by Gasteiger charge is -2.16. The number of anilines is 2. The smallest absolute Gasteiger partial charge is 0.321 e. The van der Waals surface area contributed by atoms with Crippen LogP contribution in [0.25, 0.3) is 0 Å². The molecule has 1 heterocycles. The normalized spacial score (nSPS) is 10.1. The van der Waals surface area contributed by atoms with Gasteiger partial charge < -0.3 is 20.4 Å². The standard InChI is InChI=1S/C13H15N3O2/c1-16(9-12-3-2-8-18-12)13(17)15-11-6-4-10(14)5-7-11/h2-8H,9,14H2,1H3,(H,15,17). The van der Waals surface area contributed by atoms with Gasteiger partial charge in [-0.05, 0) is 36.4 Å². The molecule has 0 aliphatic rings. The van der Waals surface area contributed by atoms with Crippen molar-refractivity contribution < 1.29 is 9.21 Å². The number of furan rings is 1. The van der Waals surface area contributed by atoms with Gasteiger partial charge in [0.15, 0.2) is 0 Å². The van der Waals surface area contributed by atoms with E-state index >= 15 is 0 Å². The molecule has 0 spiro atoms. The summed E-state index contributed by atoms with van der Waals surface area (Å²) in [7, 11) is 1.70. The molecule has 1 aromatic heterocycles. The summed E-state index contributed by atoms with van der Waals surface area (Å²) in [4.78, 5) is 13.4. The van der Waals surface area contributed by atoms with Crippen LogP contribution in [-0.4, -0.2) is 18.0 Å². The number of rotatable bonds is 3. The van der Waals surface area contributed by atoms with Gasteiger partial charge in [0.2, 0.25) is 0 Å². The molecule has 0 bridgehead atoms. The fourth-order valence-electron chi connectivity index (χ4n) is 1.49. The van der Waals surface area contributed by atoms with Crippen LogP contribution >= 0.6 is 0 Å². The van der Waals surface area contributed by atoms with E-state index in [2.05, 4.69) is 5.32 Å². The molecule has 5 heteroatoms. The number of nitrogens with two attached hydrogens (primary N) is 1. The van der Waals surface area contributed by atoms with E-state index < -0.39 is 0 Å². The highest BCUT2D eigenvalue weighted by atomic mass is 16.3. The van der Waals surface area contributed by atoms with E-state index in [0.29, 0.717) is 17.9 Å². The van der Waals surface area contributed by atoms with E-state index in [-0.39, 0.29) is 6.03 Å². The molecule has 5 nitrogen and oxygen atoms in total. The van der Waals surface area contributed by atoms with E-state index in [1.54, 1.807) is 43.6 Å². The molecule has 2 amide bonds. The monoisotopic (exact) mass is 245 g/mol. The van der Waals surface area contributed by atoms with Gasteiger partial charge in [-0.1, -0.05) is 0 Å². The zero-order chi connectivity index (χ0) is 13.0. The molecule has 2 aromatic rings. The second-order valence-electron chi connectivity index (χ2n) is 3.99. The molecule has 94 valence electrons. The number of nitrogens with one attached hydrogen (secondary N) is 1. The molecule has 1 aromatic carbocycles. The third-order valence-corrected chi connectivity index (χ3v) is 2.48. The predicted molar refractivity (Wildman–Crippen MR) is 70.0 cm³/mol. The number of nitrogen functional groups attached to an aromatic ring is 1. The van der Waals surface area contributed by atoms with Gasteiger partial charge in [0, 0.05) is 18.4 Å². The van der Waals surface area contributed by atoms with Gasteiger partial charge in [0.05, 0.1) is 12.8 Å². The summed E-state index contributed by atoms with van der Waals surface area (Å²) in [6.07, 6.45) is 1.58. The topological polar surface area (TPSA) is 71.5 Å². The molecular weight excluding hydrogens is 230 g/mol. The molecule has 0 atom stereocenters. The van der Waals surface area contributed by atoms with Crippen molar-refractivity contribution in [1.29, 1.82) is 0 Å². The summed E-state index contributed by atoms with van der Waals surface area (Å²) >= 11 is 0. The van der Waals surface area contributed by atoms with Crippen LogP contribution in [0.2, 0.25) is 0 Å². The van der Waals surface area contributed by atoms with Crippen molar-refractivity contribution in [3.05, 3.63) is 48.4 Å². The second-order valence-corrected chi connectivity index (χ2v) is 3.99. The van der Waals surface area contributed by atoms with Gasteiger partial charge in [-0.15, -0.1) is 0 Å². The lowest BCUT2D eigenvalue weighted by molar-refractivity contribution is 0.217. The number of hydrogen-bond donors (Lipinski definition) is 2. The van der Waals surface area contributed by atoms with Crippen LogP contribution in [0.4, 0.5) is 16.2 Å². The first-order valence-corrected chi connectivity index (χ1v) is 5.55. The Morgan fingerprint density at radius 2 is 2.06 bits per heavy atom. The van der Waals surface area contributed by atoms with Crippen LogP contribution < -0.4 is 11.1 Å². The molecule has 0 unspecified atom stereocenters. The second kappa shape index (κ2) is 5.27. The van der Waals surface area contributed by atoms with Gasteiger partial charge in [-0.3, -0.25) is 0 Å². The maximum Gasteiger partial charge on any atom is 0.321 e. The third kappa shape index (κ3) is 3.04. The fraction of sp³-hybridized carbons (Fsp3) is 0.154. The Morgan fingerprint density at radius 3 is 2.67 bits per heavy atom. The summed E-state index contributed by atoms with van der Waals surface area (Å²) in [5, 5.41) is 2.77. The van der Waals surface area contributed by atoms with Crippen molar-refractivity contribution in [1.82, 2.24) is 4.90 Å². The summed E-state index contributed by atoms with van der Waals surface area (Å²) < 4.78 is 5.18. The Kier molecular flexibility index (Phi) is 3.52. The maximum atomic E-state index is 11.9. The molecule has 2 rings (SSSR count). The van der Waals surface area contributed by atoms with Gasteiger partial charge >= 0.3 is 6.03 Å². The Bertz CT molecular complexity index is 506. The average Bonchev–Trinajstić information content (AvgIpc) is 2.85. The van der Waals surface area contributed by atoms with Crippen molar-refractivity contribution in [3.8, 4) is 0 Å². The minimum atomic E-state index is -0.198. The zero-order valence-electron chi connectivity index (χ0n) is 10.1. The largest absolute Gasteiger partial charge is 0.467 e. The summed E-state index contributed by atoms with van der Waals surface area (Å²) in [5.41, 5.74) is 6.94. The molecule has 0 aliphatic carbocycles.